The van der Waals surface area contributed by atoms with Gasteiger partial charge in [-0.3, -0.25) is 0 Å². The molecule has 0 bridgehead atoms. The third-order valence-corrected chi connectivity index (χ3v) is 4.18. The van der Waals surface area contributed by atoms with Crippen molar-refractivity contribution in [1.82, 2.24) is 9.97 Å². The highest BCUT2D eigenvalue weighted by Gasteiger charge is 2.15. The molecule has 0 unspecified atom stereocenters. The zero-order chi connectivity index (χ0) is 15.8. The van der Waals surface area contributed by atoms with E-state index >= 15 is 0 Å². The molecule has 1 heterocycles. The lowest BCUT2D eigenvalue weighted by Gasteiger charge is -2.13. The van der Waals surface area contributed by atoms with Gasteiger partial charge in [0.15, 0.2) is 0 Å². The highest BCUT2D eigenvalue weighted by atomic mass is 14.8. The van der Waals surface area contributed by atoms with E-state index in [0.29, 0.717) is 5.92 Å². The zero-order valence-corrected chi connectivity index (χ0v) is 13.3. The fourth-order valence-electron chi connectivity index (χ4n) is 3.01. The van der Waals surface area contributed by atoms with Gasteiger partial charge in [-0.25, -0.2) is 9.97 Å². The minimum absolute atomic E-state index is 0.320. The molecule has 0 atom stereocenters. The first kappa shape index (κ1) is 13.9. The summed E-state index contributed by atoms with van der Waals surface area (Å²) in [6.07, 6.45) is 0. The normalized spacial score (nSPS) is 11.4. The van der Waals surface area contributed by atoms with E-state index in [1.165, 1.54) is 10.8 Å². The lowest BCUT2D eigenvalue weighted by atomic mass is 10.0. The molecule has 1 aromatic heterocycles. The van der Waals surface area contributed by atoms with Gasteiger partial charge in [0.1, 0.15) is 0 Å². The van der Waals surface area contributed by atoms with E-state index in [9.17, 15) is 0 Å². The summed E-state index contributed by atoms with van der Waals surface area (Å²) in [4.78, 5) is 9.97. The van der Waals surface area contributed by atoms with E-state index < -0.39 is 0 Å². The van der Waals surface area contributed by atoms with Crippen LogP contribution in [-0.4, -0.2) is 9.97 Å². The molecule has 0 spiro atoms. The van der Waals surface area contributed by atoms with Crippen LogP contribution in [0.1, 0.15) is 25.5 Å². The van der Waals surface area contributed by atoms with Crippen molar-refractivity contribution in [3.63, 3.8) is 0 Å². The van der Waals surface area contributed by atoms with Gasteiger partial charge in [0, 0.05) is 10.9 Å². The maximum Gasteiger partial charge on any atom is 0.0969 e. The quantitative estimate of drug-likeness (QED) is 0.452. The van der Waals surface area contributed by atoms with Gasteiger partial charge in [0.05, 0.1) is 22.4 Å². The Balaban J connectivity index is 2.08. The Kier molecular flexibility index (Phi) is 3.30. The smallest absolute Gasteiger partial charge is 0.0969 e. The van der Waals surface area contributed by atoms with Crippen LogP contribution in [0.4, 0.5) is 0 Å². The molecule has 23 heavy (non-hydrogen) atoms. The van der Waals surface area contributed by atoms with E-state index in [1.807, 2.05) is 18.2 Å². The van der Waals surface area contributed by atoms with Gasteiger partial charge in [-0.15, -0.1) is 0 Å². The van der Waals surface area contributed by atoms with Gasteiger partial charge in [-0.2, -0.15) is 0 Å². The lowest BCUT2D eigenvalue weighted by molar-refractivity contribution is 0.826. The summed E-state index contributed by atoms with van der Waals surface area (Å²) < 4.78 is 0. The van der Waals surface area contributed by atoms with Crippen LogP contribution in [0.2, 0.25) is 0 Å². The predicted octanol–water partition coefficient (Wildman–Crippen LogP) is 5.57. The highest BCUT2D eigenvalue weighted by Crippen LogP contribution is 2.30. The zero-order valence-electron chi connectivity index (χ0n) is 13.3. The highest BCUT2D eigenvalue weighted by molar-refractivity contribution is 6.04. The average Bonchev–Trinajstić information content (AvgIpc) is 2.61. The van der Waals surface area contributed by atoms with Crippen LogP contribution >= 0.6 is 0 Å². The third-order valence-electron chi connectivity index (χ3n) is 4.18. The van der Waals surface area contributed by atoms with Crippen LogP contribution in [-0.2, 0) is 0 Å². The molecule has 0 saturated heterocycles. The van der Waals surface area contributed by atoms with Crippen molar-refractivity contribution in [1.29, 1.82) is 0 Å². The fraction of sp³-hybridized carbons (Fsp3) is 0.143. The largest absolute Gasteiger partial charge is 0.248 e. The number of hydrogen-bond acceptors (Lipinski definition) is 2. The summed E-state index contributed by atoms with van der Waals surface area (Å²) in [6.45, 7) is 4.35. The van der Waals surface area contributed by atoms with Crippen molar-refractivity contribution in [2.45, 2.75) is 19.8 Å². The number of benzene rings is 3. The molecule has 3 aromatic carbocycles. The molecule has 2 nitrogen and oxygen atoms in total. The topological polar surface area (TPSA) is 25.8 Å². The van der Waals surface area contributed by atoms with Crippen molar-refractivity contribution in [3.05, 3.63) is 72.4 Å². The number of nitrogens with zero attached hydrogens (tertiary/aromatic N) is 2. The fourth-order valence-corrected chi connectivity index (χ4v) is 3.01. The van der Waals surface area contributed by atoms with Crippen molar-refractivity contribution in [2.75, 3.05) is 0 Å². The molecule has 0 amide bonds. The molecule has 112 valence electrons. The summed E-state index contributed by atoms with van der Waals surface area (Å²) in [5.74, 6) is 0.320. The predicted molar refractivity (Wildman–Crippen MR) is 96.6 cm³/mol. The van der Waals surface area contributed by atoms with Crippen molar-refractivity contribution < 1.29 is 0 Å². The summed E-state index contributed by atoms with van der Waals surface area (Å²) >= 11 is 0. The van der Waals surface area contributed by atoms with E-state index in [1.54, 1.807) is 0 Å². The average molecular weight is 298 g/mol. The summed E-state index contributed by atoms with van der Waals surface area (Å²) in [5, 5.41) is 2.37. The SMILES string of the molecule is CC(C)c1nc2c(ccc3ccccc32)nc1-c1ccccc1. The van der Waals surface area contributed by atoms with Gasteiger partial charge in [-0.1, -0.05) is 74.5 Å². The number of aromatic nitrogens is 2. The molecule has 4 aromatic rings. The van der Waals surface area contributed by atoms with Crippen LogP contribution in [0.25, 0.3) is 33.1 Å². The van der Waals surface area contributed by atoms with Crippen molar-refractivity contribution in [2.24, 2.45) is 0 Å². The third kappa shape index (κ3) is 2.36. The summed E-state index contributed by atoms with van der Waals surface area (Å²) in [7, 11) is 0. The Bertz CT molecular complexity index is 988. The second-order valence-corrected chi connectivity index (χ2v) is 6.13. The van der Waals surface area contributed by atoms with E-state index in [0.717, 1.165) is 28.0 Å². The van der Waals surface area contributed by atoms with E-state index in [-0.39, 0.29) is 0 Å². The van der Waals surface area contributed by atoms with Crippen LogP contribution in [0, 0.1) is 0 Å². The molecule has 0 aliphatic rings. The van der Waals surface area contributed by atoms with Gasteiger partial charge in [0.2, 0.25) is 0 Å². The Morgan fingerprint density at radius 2 is 1.48 bits per heavy atom. The van der Waals surface area contributed by atoms with Crippen LogP contribution < -0.4 is 0 Å². The monoisotopic (exact) mass is 298 g/mol. The molecule has 0 saturated carbocycles. The Morgan fingerprint density at radius 1 is 0.739 bits per heavy atom. The Labute approximate surface area is 135 Å². The number of rotatable bonds is 2. The maximum atomic E-state index is 5.02. The summed E-state index contributed by atoms with van der Waals surface area (Å²) in [6, 6.07) is 22.9. The van der Waals surface area contributed by atoms with Gasteiger partial charge >= 0.3 is 0 Å². The van der Waals surface area contributed by atoms with E-state index in [4.69, 9.17) is 9.97 Å². The van der Waals surface area contributed by atoms with E-state index in [2.05, 4.69) is 62.4 Å². The first-order valence-electron chi connectivity index (χ1n) is 7.99. The Morgan fingerprint density at radius 3 is 2.26 bits per heavy atom. The van der Waals surface area contributed by atoms with Gasteiger partial charge in [-0.05, 0) is 17.4 Å². The first-order chi connectivity index (χ1) is 11.2. The van der Waals surface area contributed by atoms with Gasteiger partial charge < -0.3 is 0 Å². The molecule has 0 fully saturated rings. The molecule has 0 radical (unpaired) electrons. The minimum atomic E-state index is 0.320. The standard InChI is InChI=1S/C21H18N2/c1-14(2)19-20(16-9-4-3-5-10-16)22-18-13-12-15-8-6-7-11-17(15)21(18)23-19/h3-14H,1-2H3. The Hall–Kier alpha value is -2.74. The van der Waals surface area contributed by atoms with Crippen LogP contribution in [0.3, 0.4) is 0 Å². The number of fused-ring (bicyclic) bond motifs is 3. The maximum absolute atomic E-state index is 5.02. The van der Waals surface area contributed by atoms with Crippen LogP contribution in [0.5, 0.6) is 0 Å². The molecule has 2 heteroatoms. The van der Waals surface area contributed by atoms with Crippen LogP contribution in [0.15, 0.2) is 66.7 Å². The molecule has 0 N–H and O–H groups in total. The van der Waals surface area contributed by atoms with Crippen molar-refractivity contribution >= 4 is 21.8 Å². The van der Waals surface area contributed by atoms with Crippen molar-refractivity contribution in [3.8, 4) is 11.3 Å². The second-order valence-electron chi connectivity index (χ2n) is 6.13. The number of hydrogen-bond donors (Lipinski definition) is 0. The minimum Gasteiger partial charge on any atom is -0.248 e. The first-order valence-corrected chi connectivity index (χ1v) is 7.99. The second kappa shape index (κ2) is 5.47. The molecular formula is C21H18N2. The molecule has 0 aliphatic heterocycles. The molecule has 0 aliphatic carbocycles. The lowest BCUT2D eigenvalue weighted by Crippen LogP contribution is -2.01. The summed E-state index contributed by atoms with van der Waals surface area (Å²) in [5.41, 5.74) is 5.11. The molecule has 4 rings (SSSR count). The molecular weight excluding hydrogens is 280 g/mol. The van der Waals surface area contributed by atoms with Gasteiger partial charge in [0.25, 0.3) is 0 Å².